The molecule has 2 fully saturated rings. The third-order valence-corrected chi connectivity index (χ3v) is 17.0. The maximum absolute atomic E-state index is 14.5. The third-order valence-electron chi connectivity index (χ3n) is 16.3. The molecule has 8 aromatic rings. The molecule has 458 valence electrons. The van der Waals surface area contributed by atoms with Gasteiger partial charge in [0, 0.05) is 74.5 Å². The first-order valence-electron chi connectivity index (χ1n) is 28.4. The average molecular weight is 1230 g/mol. The van der Waals surface area contributed by atoms with E-state index in [2.05, 4.69) is 51.4 Å². The minimum atomic E-state index is -4.86. The normalized spacial score (nSPS) is 19.0. The predicted molar refractivity (Wildman–Crippen MR) is 313 cm³/mol. The Labute approximate surface area is 500 Å². The zero-order chi connectivity index (χ0) is 61.6. The lowest BCUT2D eigenvalue weighted by Gasteiger charge is -2.25. The van der Waals surface area contributed by atoms with Crippen molar-refractivity contribution >= 4 is 66.4 Å². The van der Waals surface area contributed by atoms with E-state index in [1.54, 1.807) is 99.3 Å². The maximum Gasteiger partial charge on any atom is 0.421 e. The van der Waals surface area contributed by atoms with Crippen LogP contribution in [-0.4, -0.2) is 97.6 Å². The fraction of sp³-hybridized carbons (Fsp3) is 0.333. The average Bonchev–Trinajstić information content (AvgIpc) is 1.95. The second-order valence-electron chi connectivity index (χ2n) is 22.3. The molecule has 2 aliphatic heterocycles. The third kappa shape index (κ3) is 12.8. The quantitative estimate of drug-likeness (QED) is 0.0345. The van der Waals surface area contributed by atoms with Gasteiger partial charge in [-0.1, -0.05) is 36.4 Å². The minimum absolute atomic E-state index is 0.114. The second-order valence-corrected chi connectivity index (χ2v) is 23.4. The monoisotopic (exact) mass is 1230 g/mol. The van der Waals surface area contributed by atoms with Gasteiger partial charge in [-0.05, 0) is 121 Å². The summed E-state index contributed by atoms with van der Waals surface area (Å²) in [7, 11) is 0.180. The fourth-order valence-corrected chi connectivity index (χ4v) is 12.2. The SMILES string of the molecule is CN1Cc2c(-c3cnn(C4CCC(O)CC4)c3)ccc(Nc3nc(Nc4ccc(CO[PH](=O)OCc5ccc(Nc6ncc(C(F)(F)F)c(Nc7ccc(-c8cnn(C9CCC(O)CC9)c8)c8c7C(=O)N(C)C8)n6)cc5)cc4)ncc3C(F)(F)F)c2C1=O. The summed E-state index contributed by atoms with van der Waals surface area (Å²) in [6, 6.07) is 19.7. The summed E-state index contributed by atoms with van der Waals surface area (Å²) in [5.74, 6) is -2.27. The number of alkyl halides is 6. The van der Waals surface area contributed by atoms with Gasteiger partial charge in [-0.3, -0.25) is 23.5 Å². The molecule has 0 unspecified atom stereocenters. The number of halogens is 6. The van der Waals surface area contributed by atoms with Crippen LogP contribution in [0.4, 0.5) is 72.6 Å². The van der Waals surface area contributed by atoms with Gasteiger partial charge in [0.05, 0.1) is 72.4 Å². The second kappa shape index (κ2) is 24.4. The number of carbonyl (C=O) groups is 2. The summed E-state index contributed by atoms with van der Waals surface area (Å²) < 4.78 is 114. The van der Waals surface area contributed by atoms with Gasteiger partial charge in [-0.15, -0.1) is 0 Å². The first kappa shape index (κ1) is 59.6. The van der Waals surface area contributed by atoms with Crippen molar-refractivity contribution in [2.24, 2.45) is 0 Å². The smallest absolute Gasteiger partial charge is 0.393 e. The van der Waals surface area contributed by atoms with E-state index in [0.717, 1.165) is 47.9 Å². The number of anilines is 8. The van der Waals surface area contributed by atoms with Crippen LogP contribution in [0.25, 0.3) is 22.3 Å². The molecule has 6 heterocycles. The van der Waals surface area contributed by atoms with Gasteiger partial charge in [0.25, 0.3) is 11.8 Å². The summed E-state index contributed by atoms with van der Waals surface area (Å²) in [5, 5.41) is 40.5. The maximum atomic E-state index is 14.5. The Kier molecular flexibility index (Phi) is 16.5. The number of nitrogens with one attached hydrogen (secondary N) is 4. The highest BCUT2D eigenvalue weighted by Gasteiger charge is 2.39. The number of benzene rings is 4. The molecule has 12 rings (SSSR count). The summed E-state index contributed by atoms with van der Waals surface area (Å²) >= 11 is 0. The molecule has 0 bridgehead atoms. The van der Waals surface area contributed by atoms with Crippen LogP contribution in [0.5, 0.6) is 0 Å². The molecule has 0 spiro atoms. The lowest BCUT2D eigenvalue weighted by atomic mass is 9.93. The number of fused-ring (bicyclic) bond motifs is 2. The topological polar surface area (TPSA) is 252 Å². The van der Waals surface area contributed by atoms with E-state index in [-0.39, 0.29) is 96.8 Å². The predicted octanol–water partition coefficient (Wildman–Crippen LogP) is 12.3. The summed E-state index contributed by atoms with van der Waals surface area (Å²) in [4.78, 5) is 46.4. The number of aliphatic hydroxyl groups is 2. The van der Waals surface area contributed by atoms with Crippen molar-refractivity contribution in [1.29, 1.82) is 0 Å². The molecule has 0 saturated heterocycles. The van der Waals surface area contributed by atoms with Crippen LogP contribution in [0.15, 0.2) is 110 Å². The van der Waals surface area contributed by atoms with Gasteiger partial charge in [0.1, 0.15) is 22.8 Å². The molecule has 88 heavy (non-hydrogen) atoms. The van der Waals surface area contributed by atoms with E-state index in [1.165, 1.54) is 9.80 Å². The van der Waals surface area contributed by atoms with Gasteiger partial charge in [-0.25, -0.2) is 9.97 Å². The number of aliphatic hydroxyl groups excluding tert-OH is 2. The van der Waals surface area contributed by atoms with Crippen LogP contribution in [-0.2, 0) is 52.3 Å². The molecule has 0 radical (unpaired) electrons. The molecule has 6 N–H and O–H groups in total. The minimum Gasteiger partial charge on any atom is -0.393 e. The van der Waals surface area contributed by atoms with Crippen LogP contribution in [0, 0.1) is 0 Å². The number of nitrogens with zero attached hydrogens (tertiary/aromatic N) is 10. The van der Waals surface area contributed by atoms with E-state index in [0.29, 0.717) is 71.7 Å². The molecule has 2 saturated carbocycles. The summed E-state index contributed by atoms with van der Waals surface area (Å²) in [6.45, 7) is 0.192. The number of amides is 2. The van der Waals surface area contributed by atoms with Crippen LogP contribution in [0.3, 0.4) is 0 Å². The van der Waals surface area contributed by atoms with Crippen LogP contribution in [0.2, 0.25) is 0 Å². The standard InChI is InChI=1S/C60H59F6N14O7P/c1-77-29-45-43(35-23-69-79(27-35)39-11-15-41(81)16-12-39)19-21-49(51(45)55(77)83)73-53-47(59(61,62)63)25-67-57(75-53)71-37-7-3-33(4-8-37)31-86-88(85)87-32-34-5-9-38(10-6-34)72-58-68-26-48(60(64,65)66)54(76-58)74-50-22-20-44(46-30-78(2)56(84)52(46)50)36-24-70-80(28-36)40-13-17-42(82)18-14-40/h3-10,19-28,39-42,81-82,88H,11-18,29-32H2,1-2H3,(H2,67,71,73,75)(H2,68,72,74,76). The molecule has 4 aliphatic rings. The number of carbonyl (C=O) groups excluding carboxylic acids is 2. The largest absolute Gasteiger partial charge is 0.421 e. The Hall–Kier alpha value is -8.75. The number of aromatic nitrogens is 8. The summed E-state index contributed by atoms with van der Waals surface area (Å²) in [6.07, 6.45) is 3.88. The van der Waals surface area contributed by atoms with Gasteiger partial charge in [0.2, 0.25) is 11.9 Å². The lowest BCUT2D eigenvalue weighted by molar-refractivity contribution is -0.138. The van der Waals surface area contributed by atoms with Crippen LogP contribution >= 0.6 is 8.25 Å². The Morgan fingerprint density at radius 3 is 1.31 bits per heavy atom. The molecule has 4 aromatic carbocycles. The highest BCUT2D eigenvalue weighted by molar-refractivity contribution is 7.33. The highest BCUT2D eigenvalue weighted by atomic mass is 31.1. The van der Waals surface area contributed by atoms with Crippen molar-refractivity contribution in [2.75, 3.05) is 35.4 Å². The van der Waals surface area contributed by atoms with Crippen molar-refractivity contribution in [2.45, 2.75) is 114 Å². The molecule has 28 heteroatoms. The van der Waals surface area contributed by atoms with E-state index in [1.807, 2.05) is 21.8 Å². The number of hydrogen-bond acceptors (Lipinski definition) is 17. The van der Waals surface area contributed by atoms with Gasteiger partial charge in [0.15, 0.2) is 0 Å². The Morgan fingerprint density at radius 1 is 0.545 bits per heavy atom. The van der Waals surface area contributed by atoms with Crippen molar-refractivity contribution in [3.8, 4) is 22.3 Å². The molecule has 21 nitrogen and oxygen atoms in total. The van der Waals surface area contributed by atoms with Crippen LogP contribution in [0.1, 0.15) is 118 Å². The van der Waals surface area contributed by atoms with Gasteiger partial charge >= 0.3 is 20.6 Å². The van der Waals surface area contributed by atoms with Crippen molar-refractivity contribution in [3.05, 3.63) is 154 Å². The van der Waals surface area contributed by atoms with E-state index >= 15 is 0 Å². The Balaban J connectivity index is 0.654. The van der Waals surface area contributed by atoms with Crippen LogP contribution < -0.4 is 21.3 Å². The van der Waals surface area contributed by atoms with Crippen molar-refractivity contribution in [3.63, 3.8) is 0 Å². The highest BCUT2D eigenvalue weighted by Crippen LogP contribution is 2.44. The zero-order valence-electron chi connectivity index (χ0n) is 47.4. The zero-order valence-corrected chi connectivity index (χ0v) is 48.4. The molecular formula is C60H59F6N14O7P. The molecule has 4 aromatic heterocycles. The molecular weight excluding hydrogens is 1170 g/mol. The Bertz CT molecular complexity index is 3690. The number of hydrogen-bond donors (Lipinski definition) is 6. The van der Waals surface area contributed by atoms with E-state index in [4.69, 9.17) is 9.05 Å². The molecule has 2 aliphatic carbocycles. The van der Waals surface area contributed by atoms with Gasteiger partial charge in [-0.2, -0.15) is 46.5 Å². The first-order valence-corrected chi connectivity index (χ1v) is 29.6. The first-order chi connectivity index (χ1) is 42.2. The van der Waals surface area contributed by atoms with Crippen molar-refractivity contribution < 1.29 is 59.8 Å². The molecule has 2 amide bonds. The molecule has 0 atom stereocenters. The van der Waals surface area contributed by atoms with Crippen molar-refractivity contribution in [1.82, 2.24) is 49.3 Å². The number of rotatable bonds is 18. The van der Waals surface area contributed by atoms with Gasteiger partial charge < -0.3 is 50.3 Å². The fourth-order valence-electron chi connectivity index (χ4n) is 11.6. The van der Waals surface area contributed by atoms with E-state index in [9.17, 15) is 50.7 Å². The lowest BCUT2D eigenvalue weighted by Crippen LogP contribution is -2.21. The van der Waals surface area contributed by atoms with E-state index < -0.39 is 43.4 Å². The Morgan fingerprint density at radius 2 is 0.932 bits per heavy atom. The summed E-state index contributed by atoms with van der Waals surface area (Å²) in [5.41, 5.74) is 4.52.